The maximum Gasteiger partial charge on any atom is 0.242 e. The smallest absolute Gasteiger partial charge is 0.242 e. The molecule has 0 heterocycles. The average molecular weight is 320 g/mol. The Balaban J connectivity index is 2.86. The lowest BCUT2D eigenvalue weighted by Gasteiger charge is -2.15. The molecule has 0 spiro atoms. The molecule has 0 radical (unpaired) electrons. The van der Waals surface area contributed by atoms with Crippen molar-refractivity contribution >= 4 is 26.5 Å². The molecule has 6 nitrogen and oxygen atoms in total. The van der Waals surface area contributed by atoms with Crippen LogP contribution in [0.1, 0.15) is 13.3 Å². The maximum atomic E-state index is 12.2. The lowest BCUT2D eigenvalue weighted by atomic mass is 10.3. The van der Waals surface area contributed by atoms with Crippen LogP contribution < -0.4 is 15.2 Å². The van der Waals surface area contributed by atoms with Crippen molar-refractivity contribution in [3.05, 3.63) is 18.2 Å². The summed E-state index contributed by atoms with van der Waals surface area (Å²) in [4.78, 5) is 0.0165. The Bertz CT molecular complexity index is 587. The highest BCUT2D eigenvalue weighted by Crippen LogP contribution is 2.23. The van der Waals surface area contributed by atoms with Gasteiger partial charge in [-0.2, -0.15) is 0 Å². The maximum absolute atomic E-state index is 12.2. The first-order valence-electron chi connectivity index (χ1n) is 6.02. The van der Waals surface area contributed by atoms with Gasteiger partial charge in [0, 0.05) is 34.9 Å². The summed E-state index contributed by atoms with van der Waals surface area (Å²) in [7, 11) is -3.16. The van der Waals surface area contributed by atoms with Crippen molar-refractivity contribution in [1.82, 2.24) is 4.72 Å². The fourth-order valence-electron chi connectivity index (χ4n) is 1.63. The average Bonchev–Trinajstić information content (AvgIpc) is 2.35. The normalized spacial score (nSPS) is 14.8. The lowest BCUT2D eigenvalue weighted by molar-refractivity contribution is 0.414. The summed E-state index contributed by atoms with van der Waals surface area (Å²) >= 11 is 0. The fraction of sp³-hybridized carbons (Fsp3) is 0.500. The van der Waals surface area contributed by atoms with E-state index in [0.717, 1.165) is 0 Å². The Labute approximate surface area is 122 Å². The van der Waals surface area contributed by atoms with Crippen molar-refractivity contribution < 1.29 is 17.4 Å². The summed E-state index contributed by atoms with van der Waals surface area (Å²) in [6.45, 7) is 1.73. The molecular weight excluding hydrogens is 300 g/mol. The summed E-state index contributed by atoms with van der Waals surface area (Å²) < 4.78 is 42.9. The molecule has 0 saturated carbocycles. The zero-order valence-electron chi connectivity index (χ0n) is 11.8. The standard InChI is InChI=1S/C12H20N2O4S2/c1-9(6-7-19(3)15)14-20(16,17)12-5-4-10(18-2)8-11(12)13/h4-5,8-9,14H,6-7,13H2,1-3H3. The van der Waals surface area contributed by atoms with Gasteiger partial charge < -0.3 is 10.5 Å². The van der Waals surface area contributed by atoms with Gasteiger partial charge in [-0.25, -0.2) is 13.1 Å². The van der Waals surface area contributed by atoms with Crippen LogP contribution in [0.2, 0.25) is 0 Å². The van der Waals surface area contributed by atoms with Gasteiger partial charge in [0.1, 0.15) is 10.6 Å². The predicted octanol–water partition coefficient (Wildman–Crippen LogP) is 0.713. The number of hydrogen-bond acceptors (Lipinski definition) is 5. The van der Waals surface area contributed by atoms with Gasteiger partial charge >= 0.3 is 0 Å². The number of ether oxygens (including phenoxy) is 1. The van der Waals surface area contributed by atoms with Crippen molar-refractivity contribution in [3.8, 4) is 5.75 Å². The Morgan fingerprint density at radius 3 is 2.60 bits per heavy atom. The van der Waals surface area contributed by atoms with Gasteiger partial charge in [0.25, 0.3) is 0 Å². The van der Waals surface area contributed by atoms with Crippen LogP contribution in [0.3, 0.4) is 0 Å². The van der Waals surface area contributed by atoms with Crippen LogP contribution >= 0.6 is 0 Å². The lowest BCUT2D eigenvalue weighted by Crippen LogP contribution is -2.34. The SMILES string of the molecule is COc1ccc(S(=O)(=O)NC(C)CCS(C)=O)c(N)c1. The molecule has 114 valence electrons. The highest BCUT2D eigenvalue weighted by Gasteiger charge is 2.20. The molecule has 0 aliphatic rings. The third kappa shape index (κ3) is 4.77. The second-order valence-corrected chi connectivity index (χ2v) is 7.73. The first kappa shape index (κ1) is 16.9. The number of anilines is 1. The number of nitrogen functional groups attached to an aromatic ring is 1. The van der Waals surface area contributed by atoms with E-state index in [9.17, 15) is 12.6 Å². The van der Waals surface area contributed by atoms with Gasteiger partial charge in [0.15, 0.2) is 0 Å². The molecule has 8 heteroatoms. The van der Waals surface area contributed by atoms with Crippen LogP contribution in [0.4, 0.5) is 5.69 Å². The zero-order valence-corrected chi connectivity index (χ0v) is 13.4. The van der Waals surface area contributed by atoms with Crippen molar-refractivity contribution in [2.75, 3.05) is 24.9 Å². The number of hydrogen-bond donors (Lipinski definition) is 2. The molecule has 0 bridgehead atoms. The van der Waals surface area contributed by atoms with E-state index in [2.05, 4.69) is 4.72 Å². The number of rotatable bonds is 7. The van der Waals surface area contributed by atoms with Gasteiger partial charge in [0.05, 0.1) is 12.8 Å². The number of benzene rings is 1. The van der Waals surface area contributed by atoms with E-state index in [4.69, 9.17) is 10.5 Å². The van der Waals surface area contributed by atoms with E-state index >= 15 is 0 Å². The highest BCUT2D eigenvalue weighted by atomic mass is 32.2. The molecule has 0 aromatic heterocycles. The van der Waals surface area contributed by atoms with Gasteiger partial charge in [-0.1, -0.05) is 0 Å². The molecule has 1 aromatic rings. The van der Waals surface area contributed by atoms with Gasteiger partial charge in [-0.3, -0.25) is 4.21 Å². The molecule has 2 unspecified atom stereocenters. The fourth-order valence-corrected chi connectivity index (χ4v) is 3.70. The van der Waals surface area contributed by atoms with E-state index in [-0.39, 0.29) is 16.6 Å². The van der Waals surface area contributed by atoms with Crippen LogP contribution in [-0.4, -0.2) is 37.8 Å². The largest absolute Gasteiger partial charge is 0.497 e. The van der Waals surface area contributed by atoms with Crippen molar-refractivity contribution in [2.24, 2.45) is 0 Å². The minimum atomic E-state index is -3.69. The van der Waals surface area contributed by atoms with Crippen molar-refractivity contribution in [1.29, 1.82) is 0 Å². The second-order valence-electron chi connectivity index (χ2n) is 4.49. The molecule has 0 aliphatic carbocycles. The van der Waals surface area contributed by atoms with E-state index in [1.807, 2.05) is 0 Å². The zero-order chi connectivity index (χ0) is 15.3. The number of methoxy groups -OCH3 is 1. The first-order valence-corrected chi connectivity index (χ1v) is 9.23. The minimum Gasteiger partial charge on any atom is -0.497 e. The quantitative estimate of drug-likeness (QED) is 0.721. The van der Waals surface area contributed by atoms with Gasteiger partial charge in [0.2, 0.25) is 10.0 Å². The topological polar surface area (TPSA) is 98.5 Å². The molecule has 0 saturated heterocycles. The van der Waals surface area contributed by atoms with Gasteiger partial charge in [-0.15, -0.1) is 0 Å². The van der Waals surface area contributed by atoms with Crippen LogP contribution in [0.25, 0.3) is 0 Å². The molecule has 1 aromatic carbocycles. The van der Waals surface area contributed by atoms with Crippen LogP contribution in [0.15, 0.2) is 23.1 Å². The van der Waals surface area contributed by atoms with Crippen molar-refractivity contribution in [2.45, 2.75) is 24.3 Å². The summed E-state index contributed by atoms with van der Waals surface area (Å²) in [5, 5.41) is 0. The van der Waals surface area contributed by atoms with Crippen molar-refractivity contribution in [3.63, 3.8) is 0 Å². The first-order chi connectivity index (χ1) is 9.26. The number of sulfonamides is 1. The van der Waals surface area contributed by atoms with E-state index in [1.165, 1.54) is 25.3 Å². The summed E-state index contributed by atoms with van der Waals surface area (Å²) in [5.41, 5.74) is 5.86. The molecular formula is C12H20N2O4S2. The number of nitrogens with one attached hydrogen (secondary N) is 1. The van der Waals surface area contributed by atoms with Crippen LogP contribution in [-0.2, 0) is 20.8 Å². The Morgan fingerprint density at radius 1 is 1.45 bits per heavy atom. The Kier molecular flexibility index (Phi) is 5.97. The monoisotopic (exact) mass is 320 g/mol. The molecule has 20 heavy (non-hydrogen) atoms. The molecule has 1 rings (SSSR count). The van der Waals surface area contributed by atoms with E-state index in [1.54, 1.807) is 13.2 Å². The summed E-state index contributed by atoms with van der Waals surface area (Å²) in [6.07, 6.45) is 2.08. The molecule has 0 fully saturated rings. The molecule has 0 aliphatic heterocycles. The van der Waals surface area contributed by atoms with E-state index < -0.39 is 20.8 Å². The van der Waals surface area contributed by atoms with Gasteiger partial charge in [-0.05, 0) is 25.5 Å². The van der Waals surface area contributed by atoms with Crippen LogP contribution in [0.5, 0.6) is 5.75 Å². The second kappa shape index (κ2) is 7.05. The predicted molar refractivity (Wildman–Crippen MR) is 80.7 cm³/mol. The highest BCUT2D eigenvalue weighted by molar-refractivity contribution is 7.89. The number of nitrogens with two attached hydrogens (primary N) is 1. The van der Waals surface area contributed by atoms with E-state index in [0.29, 0.717) is 17.9 Å². The Hall–Kier alpha value is -1.12. The molecule has 2 atom stereocenters. The van der Waals surface area contributed by atoms with Crippen LogP contribution in [0, 0.1) is 0 Å². The Morgan fingerprint density at radius 2 is 2.10 bits per heavy atom. The molecule has 0 amide bonds. The summed E-state index contributed by atoms with van der Waals surface area (Å²) in [6, 6.07) is 4.09. The third-order valence-corrected chi connectivity index (χ3v) is 5.18. The minimum absolute atomic E-state index is 0.0165. The summed E-state index contributed by atoms with van der Waals surface area (Å²) in [5.74, 6) is 0.942. The third-order valence-electron chi connectivity index (χ3n) is 2.70. The molecule has 3 N–H and O–H groups in total.